The van der Waals surface area contributed by atoms with Crippen LogP contribution in [0.2, 0.25) is 5.02 Å². The van der Waals surface area contributed by atoms with Crippen LogP contribution in [-0.4, -0.2) is 6.61 Å². The molecule has 5 rings (SSSR count). The van der Waals surface area contributed by atoms with Crippen molar-refractivity contribution in [2.45, 2.75) is 13.5 Å². The molecular weight excluding hydrogens is 475 g/mol. The summed E-state index contributed by atoms with van der Waals surface area (Å²) < 4.78 is 35.5. The molecule has 0 fully saturated rings. The van der Waals surface area contributed by atoms with Crippen molar-refractivity contribution in [2.24, 2.45) is 0 Å². The molecule has 8 heteroatoms. The van der Waals surface area contributed by atoms with Gasteiger partial charge < -0.3 is 18.3 Å². The summed E-state index contributed by atoms with van der Waals surface area (Å²) in [5.74, 6) is 0.435. The second-order valence-corrected chi connectivity index (χ2v) is 8.12. The first kappa shape index (κ1) is 22.7. The molecule has 0 radical (unpaired) electrons. The van der Waals surface area contributed by atoms with Crippen LogP contribution in [0.25, 0.3) is 33.1 Å². The van der Waals surface area contributed by atoms with Gasteiger partial charge in [0.25, 0.3) is 0 Å². The Morgan fingerprint density at radius 2 is 1.77 bits per heavy atom. The summed E-state index contributed by atoms with van der Waals surface area (Å²) in [5, 5.41) is 1.43. The fourth-order valence-corrected chi connectivity index (χ4v) is 4.05. The van der Waals surface area contributed by atoms with Crippen molar-refractivity contribution >= 4 is 33.5 Å². The third kappa shape index (κ3) is 4.50. The van der Waals surface area contributed by atoms with E-state index in [1.165, 1.54) is 24.3 Å². The zero-order chi connectivity index (χ0) is 24.5. The molecule has 0 aliphatic heterocycles. The van der Waals surface area contributed by atoms with Gasteiger partial charge in [-0.3, -0.25) is 0 Å². The lowest BCUT2D eigenvalue weighted by atomic mass is 10.0. The molecular formula is C27H18ClFO6. The predicted octanol–water partition coefficient (Wildman–Crippen LogP) is 6.34. The molecule has 6 nitrogen and oxygen atoms in total. The minimum absolute atomic E-state index is 0.0883. The highest BCUT2D eigenvalue weighted by atomic mass is 35.5. The second kappa shape index (κ2) is 9.27. The number of rotatable bonds is 6. The van der Waals surface area contributed by atoms with Crippen LogP contribution in [0.4, 0.5) is 4.39 Å². The Hall–Kier alpha value is -4.10. The lowest BCUT2D eigenvalue weighted by molar-refractivity contribution is 0.306. The summed E-state index contributed by atoms with van der Waals surface area (Å²) in [6, 6.07) is 17.2. The van der Waals surface area contributed by atoms with Crippen molar-refractivity contribution in [3.05, 3.63) is 104 Å². The fourth-order valence-electron chi connectivity index (χ4n) is 3.83. The molecule has 0 bridgehead atoms. The monoisotopic (exact) mass is 492 g/mol. The number of halogens is 2. The summed E-state index contributed by atoms with van der Waals surface area (Å²) in [6.45, 7) is 2.35. The van der Waals surface area contributed by atoms with Crippen molar-refractivity contribution in [1.29, 1.82) is 0 Å². The highest BCUT2D eigenvalue weighted by molar-refractivity contribution is 6.31. The van der Waals surface area contributed by atoms with E-state index in [1.54, 1.807) is 42.5 Å². The number of ether oxygens (including phenoxy) is 2. The molecule has 35 heavy (non-hydrogen) atoms. The maximum atomic E-state index is 13.3. The first-order chi connectivity index (χ1) is 16.9. The Balaban J connectivity index is 1.55. The maximum Gasteiger partial charge on any atom is 0.344 e. The van der Waals surface area contributed by atoms with Gasteiger partial charge in [0.2, 0.25) is 0 Å². The van der Waals surface area contributed by atoms with Crippen LogP contribution in [-0.2, 0) is 6.61 Å². The minimum Gasteiger partial charge on any atom is -0.490 e. The summed E-state index contributed by atoms with van der Waals surface area (Å²) in [6.07, 6.45) is 0. The molecule has 0 aliphatic rings. The van der Waals surface area contributed by atoms with Crippen LogP contribution in [0.3, 0.4) is 0 Å². The highest BCUT2D eigenvalue weighted by Gasteiger charge is 2.16. The van der Waals surface area contributed by atoms with E-state index in [2.05, 4.69) is 0 Å². The summed E-state index contributed by atoms with van der Waals surface area (Å²) in [4.78, 5) is 25.3. The molecule has 0 saturated carbocycles. The third-order valence-corrected chi connectivity index (χ3v) is 5.79. The Morgan fingerprint density at radius 1 is 0.914 bits per heavy atom. The van der Waals surface area contributed by atoms with Crippen LogP contribution in [0.5, 0.6) is 11.5 Å². The van der Waals surface area contributed by atoms with Crippen molar-refractivity contribution in [3.63, 3.8) is 0 Å². The van der Waals surface area contributed by atoms with Gasteiger partial charge in [0.05, 0.1) is 17.2 Å². The van der Waals surface area contributed by atoms with Gasteiger partial charge in [-0.25, -0.2) is 14.0 Å². The van der Waals surface area contributed by atoms with Gasteiger partial charge in [-0.05, 0) is 43.3 Å². The van der Waals surface area contributed by atoms with Crippen LogP contribution in [0, 0.1) is 5.82 Å². The molecule has 3 aromatic carbocycles. The van der Waals surface area contributed by atoms with Gasteiger partial charge in [-0.2, -0.15) is 0 Å². The van der Waals surface area contributed by atoms with Gasteiger partial charge in [0.1, 0.15) is 23.8 Å². The molecule has 0 unspecified atom stereocenters. The second-order valence-electron chi connectivity index (χ2n) is 7.72. The molecule has 176 valence electrons. The van der Waals surface area contributed by atoms with Crippen molar-refractivity contribution in [2.75, 3.05) is 6.61 Å². The van der Waals surface area contributed by atoms with E-state index in [0.29, 0.717) is 45.6 Å². The Labute approximate surface area is 203 Å². The smallest absolute Gasteiger partial charge is 0.344 e. The van der Waals surface area contributed by atoms with Crippen LogP contribution in [0.1, 0.15) is 12.5 Å². The summed E-state index contributed by atoms with van der Waals surface area (Å²) in [5.41, 5.74) is 0.529. The molecule has 0 saturated heterocycles. The van der Waals surface area contributed by atoms with E-state index in [9.17, 15) is 14.0 Å². The number of benzene rings is 3. The normalized spacial score (nSPS) is 11.2. The highest BCUT2D eigenvalue weighted by Crippen LogP contribution is 2.32. The molecule has 0 N–H and O–H groups in total. The molecule has 5 aromatic rings. The van der Waals surface area contributed by atoms with Crippen molar-refractivity contribution in [1.82, 2.24) is 0 Å². The predicted molar refractivity (Wildman–Crippen MR) is 131 cm³/mol. The van der Waals surface area contributed by atoms with Crippen LogP contribution >= 0.6 is 11.6 Å². The Kier molecular flexibility index (Phi) is 6.01. The first-order valence-corrected chi connectivity index (χ1v) is 11.2. The summed E-state index contributed by atoms with van der Waals surface area (Å²) >= 11 is 6.06. The Morgan fingerprint density at radius 3 is 2.57 bits per heavy atom. The van der Waals surface area contributed by atoms with Crippen LogP contribution in [0.15, 0.2) is 85.2 Å². The zero-order valence-electron chi connectivity index (χ0n) is 18.5. The van der Waals surface area contributed by atoms with E-state index in [4.69, 9.17) is 29.9 Å². The first-order valence-electron chi connectivity index (χ1n) is 10.8. The van der Waals surface area contributed by atoms with Crippen LogP contribution < -0.4 is 20.7 Å². The van der Waals surface area contributed by atoms with E-state index in [-0.39, 0.29) is 22.8 Å². The lowest BCUT2D eigenvalue weighted by Crippen LogP contribution is -2.07. The molecule has 2 aromatic heterocycles. The number of fused-ring (bicyclic) bond motifs is 2. The van der Waals surface area contributed by atoms with E-state index >= 15 is 0 Å². The van der Waals surface area contributed by atoms with E-state index in [0.717, 1.165) is 0 Å². The average Bonchev–Trinajstić information content (AvgIpc) is 2.83. The fraction of sp³-hybridized carbons (Fsp3) is 0.111. The number of hydrogen-bond donors (Lipinski definition) is 0. The lowest BCUT2D eigenvalue weighted by Gasteiger charge is -2.11. The molecule has 0 atom stereocenters. The maximum absolute atomic E-state index is 13.3. The number of para-hydroxylation sites is 1. The Bertz CT molecular complexity index is 1690. The van der Waals surface area contributed by atoms with Gasteiger partial charge in [0, 0.05) is 34.0 Å². The van der Waals surface area contributed by atoms with Gasteiger partial charge in [-0.1, -0.05) is 29.8 Å². The largest absolute Gasteiger partial charge is 0.490 e. The molecule has 0 spiro atoms. The zero-order valence-corrected chi connectivity index (χ0v) is 19.2. The molecule has 0 aliphatic carbocycles. The number of hydrogen-bond acceptors (Lipinski definition) is 6. The standard InChI is InChI=1S/C27H18ClFO6/c1-2-32-23-5-3-4-15-10-21(27(31)35-26(15)23)20-13-25(30)34-24-12-18(8-9-19(20)24)33-14-16-6-7-17(29)11-22(16)28/h3-13H,2,14H2,1H3. The van der Waals surface area contributed by atoms with Gasteiger partial charge in [0.15, 0.2) is 11.3 Å². The quantitative estimate of drug-likeness (QED) is 0.257. The van der Waals surface area contributed by atoms with Crippen molar-refractivity contribution < 1.29 is 22.7 Å². The van der Waals surface area contributed by atoms with Crippen molar-refractivity contribution in [3.8, 4) is 22.6 Å². The summed E-state index contributed by atoms with van der Waals surface area (Å²) in [7, 11) is 0. The SMILES string of the molecule is CCOc1cccc2cc(-c3cc(=O)oc4cc(OCc5ccc(F)cc5Cl)ccc34)c(=O)oc12. The molecule has 2 heterocycles. The third-order valence-electron chi connectivity index (χ3n) is 5.44. The average molecular weight is 493 g/mol. The topological polar surface area (TPSA) is 78.9 Å². The van der Waals surface area contributed by atoms with E-state index < -0.39 is 17.1 Å². The minimum atomic E-state index is -0.631. The van der Waals surface area contributed by atoms with Gasteiger partial charge in [-0.15, -0.1) is 0 Å². The molecule has 0 amide bonds. The van der Waals surface area contributed by atoms with Gasteiger partial charge >= 0.3 is 11.3 Å². The van der Waals surface area contributed by atoms with E-state index in [1.807, 2.05) is 6.92 Å².